The Labute approximate surface area is 104 Å². The number of hydrogen-bond donors (Lipinski definition) is 1. The van der Waals surface area contributed by atoms with Gasteiger partial charge in [-0.2, -0.15) is 0 Å². The summed E-state index contributed by atoms with van der Waals surface area (Å²) in [7, 11) is 1.68. The number of hydrogen-bond acceptors (Lipinski definition) is 2. The molecule has 0 aliphatic carbocycles. The Balaban J connectivity index is 0.00000225. The molecule has 0 unspecified atom stereocenters. The monoisotopic (exact) mass is 241 g/mol. The van der Waals surface area contributed by atoms with E-state index in [0.29, 0.717) is 0 Å². The van der Waals surface area contributed by atoms with E-state index in [0.717, 1.165) is 29.7 Å². The van der Waals surface area contributed by atoms with Gasteiger partial charge in [-0.15, -0.1) is 19.0 Å². The lowest BCUT2D eigenvalue weighted by atomic mass is 10.0. The van der Waals surface area contributed by atoms with E-state index in [9.17, 15) is 0 Å². The molecule has 2 nitrogen and oxygen atoms in total. The molecule has 1 aromatic carbocycles. The van der Waals surface area contributed by atoms with Gasteiger partial charge in [0.15, 0.2) is 0 Å². The Kier molecular flexibility index (Phi) is 6.86. The second kappa shape index (κ2) is 7.31. The molecule has 0 aliphatic rings. The molecule has 0 fully saturated rings. The standard InChI is InChI=1S/C13H19NO.ClH/c1-4-5-6-12(14)11-8-7-10(2)13(9-11)15-3;/h4,7-9,12H,1,5-6,14H2,2-3H3;1H/t12-;/m0./s1. The first kappa shape index (κ1) is 15.0. The van der Waals surface area contributed by atoms with Crippen LogP contribution in [0.5, 0.6) is 5.75 Å². The molecule has 1 aromatic rings. The molecule has 0 bridgehead atoms. The lowest BCUT2D eigenvalue weighted by Crippen LogP contribution is -2.10. The first-order valence-electron chi connectivity index (χ1n) is 5.20. The predicted octanol–water partition coefficient (Wildman–Crippen LogP) is 3.39. The van der Waals surface area contributed by atoms with Crippen LogP contribution in [0, 0.1) is 6.92 Å². The maximum absolute atomic E-state index is 6.05. The lowest BCUT2D eigenvalue weighted by Gasteiger charge is -2.13. The van der Waals surface area contributed by atoms with Crippen LogP contribution in [0.25, 0.3) is 0 Å². The van der Waals surface area contributed by atoms with E-state index in [4.69, 9.17) is 10.5 Å². The highest BCUT2D eigenvalue weighted by molar-refractivity contribution is 5.85. The smallest absolute Gasteiger partial charge is 0.122 e. The van der Waals surface area contributed by atoms with Crippen molar-refractivity contribution in [2.75, 3.05) is 7.11 Å². The fourth-order valence-electron chi connectivity index (χ4n) is 1.53. The number of benzene rings is 1. The van der Waals surface area contributed by atoms with Crippen molar-refractivity contribution in [1.29, 1.82) is 0 Å². The average molecular weight is 242 g/mol. The quantitative estimate of drug-likeness (QED) is 0.802. The maximum Gasteiger partial charge on any atom is 0.122 e. The summed E-state index contributed by atoms with van der Waals surface area (Å²) < 4.78 is 5.26. The molecule has 0 aromatic heterocycles. The van der Waals surface area contributed by atoms with Crippen LogP contribution >= 0.6 is 12.4 Å². The van der Waals surface area contributed by atoms with Crippen molar-refractivity contribution >= 4 is 12.4 Å². The third-order valence-corrected chi connectivity index (χ3v) is 2.54. The Morgan fingerprint density at radius 1 is 1.50 bits per heavy atom. The highest BCUT2D eigenvalue weighted by atomic mass is 35.5. The number of methoxy groups -OCH3 is 1. The Hall–Kier alpha value is -0.990. The third kappa shape index (κ3) is 3.87. The first-order chi connectivity index (χ1) is 7.19. The summed E-state index contributed by atoms with van der Waals surface area (Å²) in [4.78, 5) is 0. The number of nitrogens with two attached hydrogens (primary N) is 1. The topological polar surface area (TPSA) is 35.2 Å². The fourth-order valence-corrected chi connectivity index (χ4v) is 1.53. The second-order valence-corrected chi connectivity index (χ2v) is 3.70. The molecule has 0 saturated heterocycles. The molecule has 0 aliphatic heterocycles. The molecular formula is C13H20ClNO. The summed E-state index contributed by atoms with van der Waals surface area (Å²) in [5, 5.41) is 0. The van der Waals surface area contributed by atoms with E-state index < -0.39 is 0 Å². The highest BCUT2D eigenvalue weighted by Crippen LogP contribution is 2.24. The van der Waals surface area contributed by atoms with Gasteiger partial charge in [0, 0.05) is 6.04 Å². The zero-order chi connectivity index (χ0) is 11.3. The first-order valence-corrected chi connectivity index (χ1v) is 5.20. The van der Waals surface area contributed by atoms with Gasteiger partial charge in [0.05, 0.1) is 7.11 Å². The van der Waals surface area contributed by atoms with Gasteiger partial charge in [0.2, 0.25) is 0 Å². The molecule has 0 amide bonds. The van der Waals surface area contributed by atoms with Gasteiger partial charge in [0.25, 0.3) is 0 Å². The molecule has 2 N–H and O–H groups in total. The molecule has 0 radical (unpaired) electrons. The molecule has 3 heteroatoms. The van der Waals surface area contributed by atoms with E-state index >= 15 is 0 Å². The van der Waals surface area contributed by atoms with Gasteiger partial charge < -0.3 is 10.5 Å². The van der Waals surface area contributed by atoms with Crippen molar-refractivity contribution in [3.8, 4) is 5.75 Å². The van der Waals surface area contributed by atoms with Gasteiger partial charge in [-0.1, -0.05) is 18.2 Å². The molecule has 90 valence electrons. The minimum Gasteiger partial charge on any atom is -0.496 e. The summed E-state index contributed by atoms with van der Waals surface area (Å²) in [6.07, 6.45) is 3.76. The average Bonchev–Trinajstić information content (AvgIpc) is 2.26. The van der Waals surface area contributed by atoms with Crippen molar-refractivity contribution in [2.45, 2.75) is 25.8 Å². The fraction of sp³-hybridized carbons (Fsp3) is 0.385. The minimum absolute atomic E-state index is 0. The molecular weight excluding hydrogens is 222 g/mol. The van der Waals surface area contributed by atoms with E-state index in [1.807, 2.05) is 25.1 Å². The van der Waals surface area contributed by atoms with Crippen molar-refractivity contribution < 1.29 is 4.74 Å². The molecule has 0 spiro atoms. The van der Waals surface area contributed by atoms with Crippen LogP contribution < -0.4 is 10.5 Å². The van der Waals surface area contributed by atoms with Crippen LogP contribution in [-0.2, 0) is 0 Å². The SMILES string of the molecule is C=CCC[C@H](N)c1ccc(C)c(OC)c1.Cl. The van der Waals surface area contributed by atoms with Crippen molar-refractivity contribution in [2.24, 2.45) is 5.73 Å². The van der Waals surface area contributed by atoms with E-state index in [1.165, 1.54) is 0 Å². The number of ether oxygens (including phenoxy) is 1. The van der Waals surface area contributed by atoms with Crippen LogP contribution in [0.1, 0.15) is 30.0 Å². The van der Waals surface area contributed by atoms with Gasteiger partial charge in [-0.05, 0) is 37.0 Å². The van der Waals surface area contributed by atoms with Crippen molar-refractivity contribution in [3.05, 3.63) is 42.0 Å². The maximum atomic E-state index is 6.05. The zero-order valence-electron chi connectivity index (χ0n) is 9.90. The predicted molar refractivity (Wildman–Crippen MR) is 71.3 cm³/mol. The number of allylic oxidation sites excluding steroid dienone is 1. The number of halogens is 1. The van der Waals surface area contributed by atoms with E-state index in [-0.39, 0.29) is 18.4 Å². The lowest BCUT2D eigenvalue weighted by molar-refractivity contribution is 0.410. The van der Waals surface area contributed by atoms with Crippen LogP contribution in [-0.4, -0.2) is 7.11 Å². The number of aryl methyl sites for hydroxylation is 1. The van der Waals surface area contributed by atoms with Crippen LogP contribution in [0.3, 0.4) is 0 Å². The number of rotatable bonds is 5. The van der Waals surface area contributed by atoms with Crippen LogP contribution in [0.4, 0.5) is 0 Å². The normalized spacial score (nSPS) is 11.4. The van der Waals surface area contributed by atoms with Crippen molar-refractivity contribution in [3.63, 3.8) is 0 Å². The van der Waals surface area contributed by atoms with Crippen molar-refractivity contribution in [1.82, 2.24) is 0 Å². The van der Waals surface area contributed by atoms with Gasteiger partial charge in [-0.25, -0.2) is 0 Å². The van der Waals surface area contributed by atoms with E-state index in [2.05, 4.69) is 12.6 Å². The summed E-state index contributed by atoms with van der Waals surface area (Å²) in [6.45, 7) is 5.72. The van der Waals surface area contributed by atoms with Crippen LogP contribution in [0.2, 0.25) is 0 Å². The second-order valence-electron chi connectivity index (χ2n) is 3.70. The minimum atomic E-state index is 0. The molecule has 1 rings (SSSR count). The summed E-state index contributed by atoms with van der Waals surface area (Å²) >= 11 is 0. The molecule has 1 atom stereocenters. The highest BCUT2D eigenvalue weighted by Gasteiger charge is 2.07. The molecule has 16 heavy (non-hydrogen) atoms. The summed E-state index contributed by atoms with van der Waals surface area (Å²) in [5.41, 5.74) is 8.31. The van der Waals surface area contributed by atoms with E-state index in [1.54, 1.807) is 7.11 Å². The summed E-state index contributed by atoms with van der Waals surface area (Å²) in [6, 6.07) is 6.19. The Morgan fingerprint density at radius 2 is 2.19 bits per heavy atom. The largest absolute Gasteiger partial charge is 0.496 e. The Morgan fingerprint density at radius 3 is 2.75 bits per heavy atom. The van der Waals surface area contributed by atoms with Gasteiger partial charge in [-0.3, -0.25) is 0 Å². The van der Waals surface area contributed by atoms with Gasteiger partial charge in [0.1, 0.15) is 5.75 Å². The Bertz CT molecular complexity index is 339. The molecule has 0 heterocycles. The molecule has 0 saturated carbocycles. The van der Waals surface area contributed by atoms with Crippen LogP contribution in [0.15, 0.2) is 30.9 Å². The zero-order valence-corrected chi connectivity index (χ0v) is 10.7. The van der Waals surface area contributed by atoms with Gasteiger partial charge >= 0.3 is 0 Å². The third-order valence-electron chi connectivity index (χ3n) is 2.54. The summed E-state index contributed by atoms with van der Waals surface area (Å²) in [5.74, 6) is 0.904.